The highest BCUT2D eigenvalue weighted by Gasteiger charge is 2.06. The maximum absolute atomic E-state index is 12.9. The van der Waals surface area contributed by atoms with E-state index in [1.807, 2.05) is 4.90 Å². The first-order chi connectivity index (χ1) is 7.65. The van der Waals surface area contributed by atoms with Gasteiger partial charge in [0.05, 0.1) is 0 Å². The molecular formula is C11H17F2N3. The van der Waals surface area contributed by atoms with Gasteiger partial charge in [-0.05, 0) is 17.7 Å². The van der Waals surface area contributed by atoms with Crippen molar-refractivity contribution in [1.29, 1.82) is 0 Å². The van der Waals surface area contributed by atoms with Gasteiger partial charge in [0.25, 0.3) is 0 Å². The summed E-state index contributed by atoms with van der Waals surface area (Å²) in [5.74, 6) is -1.12. The molecule has 0 radical (unpaired) electrons. The van der Waals surface area contributed by atoms with E-state index < -0.39 is 11.6 Å². The van der Waals surface area contributed by atoms with E-state index in [0.717, 1.165) is 6.07 Å². The number of nitrogens with zero attached hydrogens (tertiary/aromatic N) is 1. The summed E-state index contributed by atoms with van der Waals surface area (Å²) in [5, 5.41) is 0. The van der Waals surface area contributed by atoms with Gasteiger partial charge in [-0.15, -0.1) is 0 Å². The SMILES string of the molecule is NCCN(CCN)Cc1cc(F)cc(F)c1. The number of rotatable bonds is 6. The minimum atomic E-state index is -0.560. The van der Waals surface area contributed by atoms with Crippen molar-refractivity contribution in [2.75, 3.05) is 26.2 Å². The van der Waals surface area contributed by atoms with Gasteiger partial charge in [-0.3, -0.25) is 4.90 Å². The van der Waals surface area contributed by atoms with Crippen molar-refractivity contribution in [3.8, 4) is 0 Å². The van der Waals surface area contributed by atoms with Crippen LogP contribution < -0.4 is 11.5 Å². The number of nitrogens with two attached hydrogens (primary N) is 2. The second kappa shape index (κ2) is 6.52. The lowest BCUT2D eigenvalue weighted by Gasteiger charge is -2.20. The molecule has 0 atom stereocenters. The van der Waals surface area contributed by atoms with E-state index in [1.54, 1.807) is 0 Å². The third-order valence-corrected chi connectivity index (χ3v) is 2.22. The number of benzene rings is 1. The molecular weight excluding hydrogens is 212 g/mol. The maximum atomic E-state index is 12.9. The highest BCUT2D eigenvalue weighted by atomic mass is 19.1. The standard InChI is InChI=1S/C11H17F2N3/c12-10-5-9(6-11(13)7-10)8-16(3-1-14)4-2-15/h5-7H,1-4,8,14-15H2. The maximum Gasteiger partial charge on any atom is 0.126 e. The average molecular weight is 229 g/mol. The monoisotopic (exact) mass is 229 g/mol. The average Bonchev–Trinajstić information content (AvgIpc) is 2.16. The quantitative estimate of drug-likeness (QED) is 0.754. The molecule has 1 aromatic rings. The predicted molar refractivity (Wildman–Crippen MR) is 59.7 cm³/mol. The van der Waals surface area contributed by atoms with Gasteiger partial charge in [-0.25, -0.2) is 8.78 Å². The Balaban J connectivity index is 2.68. The van der Waals surface area contributed by atoms with Crippen LogP contribution in [0, 0.1) is 11.6 Å². The van der Waals surface area contributed by atoms with Gasteiger partial charge in [-0.2, -0.15) is 0 Å². The highest BCUT2D eigenvalue weighted by molar-refractivity contribution is 5.17. The first-order valence-corrected chi connectivity index (χ1v) is 5.23. The third kappa shape index (κ3) is 4.22. The zero-order valence-electron chi connectivity index (χ0n) is 9.13. The Labute approximate surface area is 94.0 Å². The molecule has 0 aliphatic heterocycles. The van der Waals surface area contributed by atoms with Crippen LogP contribution in [0.15, 0.2) is 18.2 Å². The zero-order valence-corrected chi connectivity index (χ0v) is 9.13. The molecule has 1 rings (SSSR count). The zero-order chi connectivity index (χ0) is 12.0. The van der Waals surface area contributed by atoms with E-state index >= 15 is 0 Å². The second-order valence-corrected chi connectivity index (χ2v) is 3.63. The highest BCUT2D eigenvalue weighted by Crippen LogP contribution is 2.10. The first-order valence-electron chi connectivity index (χ1n) is 5.23. The summed E-state index contributed by atoms with van der Waals surface area (Å²) in [6, 6.07) is 3.51. The van der Waals surface area contributed by atoms with Gasteiger partial charge in [0.2, 0.25) is 0 Å². The first kappa shape index (κ1) is 13.0. The Bertz CT molecular complexity index is 305. The minimum absolute atomic E-state index is 0.461. The van der Waals surface area contributed by atoms with Crippen molar-refractivity contribution in [3.05, 3.63) is 35.4 Å². The van der Waals surface area contributed by atoms with Crippen LogP contribution in [-0.2, 0) is 6.54 Å². The van der Waals surface area contributed by atoms with Gasteiger partial charge < -0.3 is 11.5 Å². The van der Waals surface area contributed by atoms with Crippen molar-refractivity contribution in [3.63, 3.8) is 0 Å². The lowest BCUT2D eigenvalue weighted by atomic mass is 10.2. The molecule has 3 nitrogen and oxygen atoms in total. The minimum Gasteiger partial charge on any atom is -0.329 e. The van der Waals surface area contributed by atoms with Crippen molar-refractivity contribution in [2.24, 2.45) is 11.5 Å². The summed E-state index contributed by atoms with van der Waals surface area (Å²) in [5.41, 5.74) is 11.5. The van der Waals surface area contributed by atoms with Crippen LogP contribution in [0.2, 0.25) is 0 Å². The van der Waals surface area contributed by atoms with Crippen LogP contribution in [-0.4, -0.2) is 31.1 Å². The van der Waals surface area contributed by atoms with E-state index in [0.29, 0.717) is 38.3 Å². The summed E-state index contributed by atoms with van der Waals surface area (Å²) in [6.07, 6.45) is 0. The molecule has 5 heteroatoms. The number of hydrogen-bond donors (Lipinski definition) is 2. The molecule has 0 spiro atoms. The molecule has 0 saturated carbocycles. The Kier molecular flexibility index (Phi) is 5.31. The molecule has 0 amide bonds. The van der Waals surface area contributed by atoms with Gasteiger partial charge in [0.1, 0.15) is 11.6 Å². The summed E-state index contributed by atoms with van der Waals surface area (Å²) in [7, 11) is 0. The molecule has 0 bridgehead atoms. The molecule has 0 aromatic heterocycles. The lowest BCUT2D eigenvalue weighted by Crippen LogP contribution is -2.33. The normalized spacial score (nSPS) is 11.1. The molecule has 16 heavy (non-hydrogen) atoms. The van der Waals surface area contributed by atoms with E-state index in [4.69, 9.17) is 11.5 Å². The fourth-order valence-corrected chi connectivity index (χ4v) is 1.60. The van der Waals surface area contributed by atoms with Gasteiger partial charge in [-0.1, -0.05) is 0 Å². The smallest absolute Gasteiger partial charge is 0.126 e. The third-order valence-electron chi connectivity index (χ3n) is 2.22. The molecule has 4 N–H and O–H groups in total. The van der Waals surface area contributed by atoms with Crippen LogP contribution in [0.25, 0.3) is 0 Å². The van der Waals surface area contributed by atoms with Crippen molar-refractivity contribution >= 4 is 0 Å². The van der Waals surface area contributed by atoms with Crippen molar-refractivity contribution < 1.29 is 8.78 Å². The van der Waals surface area contributed by atoms with Crippen LogP contribution >= 0.6 is 0 Å². The second-order valence-electron chi connectivity index (χ2n) is 3.63. The van der Waals surface area contributed by atoms with Crippen LogP contribution in [0.5, 0.6) is 0 Å². The molecule has 0 saturated heterocycles. The molecule has 1 aromatic carbocycles. The van der Waals surface area contributed by atoms with E-state index in [2.05, 4.69) is 0 Å². The Morgan fingerprint density at radius 1 is 0.938 bits per heavy atom. The Hall–Kier alpha value is -1.04. The molecule has 0 heterocycles. The summed E-state index contributed by atoms with van der Waals surface area (Å²) >= 11 is 0. The predicted octanol–water partition coefficient (Wildman–Crippen LogP) is 0.684. The Morgan fingerprint density at radius 3 is 1.88 bits per heavy atom. The lowest BCUT2D eigenvalue weighted by molar-refractivity contribution is 0.280. The topological polar surface area (TPSA) is 55.3 Å². The van der Waals surface area contributed by atoms with Gasteiger partial charge in [0, 0.05) is 38.8 Å². The summed E-state index contributed by atoms with van der Waals surface area (Å²) in [6.45, 7) is 2.78. The van der Waals surface area contributed by atoms with Crippen molar-refractivity contribution in [2.45, 2.75) is 6.54 Å². The fraction of sp³-hybridized carbons (Fsp3) is 0.455. The molecule has 90 valence electrons. The largest absolute Gasteiger partial charge is 0.329 e. The van der Waals surface area contributed by atoms with Crippen LogP contribution in [0.4, 0.5) is 8.78 Å². The summed E-state index contributed by atoms with van der Waals surface area (Å²) < 4.78 is 25.9. The molecule has 0 aliphatic carbocycles. The molecule has 0 aliphatic rings. The molecule has 0 unspecified atom stereocenters. The summed E-state index contributed by atoms with van der Waals surface area (Å²) in [4.78, 5) is 1.97. The van der Waals surface area contributed by atoms with Gasteiger partial charge in [0.15, 0.2) is 0 Å². The van der Waals surface area contributed by atoms with E-state index in [9.17, 15) is 8.78 Å². The van der Waals surface area contributed by atoms with E-state index in [-0.39, 0.29) is 0 Å². The van der Waals surface area contributed by atoms with Gasteiger partial charge >= 0.3 is 0 Å². The fourth-order valence-electron chi connectivity index (χ4n) is 1.60. The molecule has 0 fully saturated rings. The van der Waals surface area contributed by atoms with Crippen LogP contribution in [0.1, 0.15) is 5.56 Å². The number of hydrogen-bond acceptors (Lipinski definition) is 3. The van der Waals surface area contributed by atoms with E-state index in [1.165, 1.54) is 12.1 Å². The van der Waals surface area contributed by atoms with Crippen LogP contribution in [0.3, 0.4) is 0 Å². The Morgan fingerprint density at radius 2 is 1.44 bits per heavy atom. The van der Waals surface area contributed by atoms with Crippen molar-refractivity contribution in [1.82, 2.24) is 4.90 Å². The number of halogens is 2.